The van der Waals surface area contributed by atoms with Gasteiger partial charge in [0.15, 0.2) is 0 Å². The van der Waals surface area contributed by atoms with Gasteiger partial charge in [0.25, 0.3) is 6.69 Å². The molecule has 0 aromatic heterocycles. The first-order chi connectivity index (χ1) is 7.17. The van der Waals surface area contributed by atoms with E-state index in [0.29, 0.717) is 0 Å². The van der Waals surface area contributed by atoms with Crippen LogP contribution in [-0.2, 0) is 0 Å². The third-order valence-electron chi connectivity index (χ3n) is 2.35. The van der Waals surface area contributed by atoms with Gasteiger partial charge < -0.3 is 0 Å². The van der Waals surface area contributed by atoms with E-state index < -0.39 is 6.69 Å². The minimum Gasteiger partial charge on any atom is -0.140 e. The summed E-state index contributed by atoms with van der Waals surface area (Å²) < 4.78 is 0. The van der Waals surface area contributed by atoms with Crippen molar-refractivity contribution in [1.82, 2.24) is 0 Å². The Balaban J connectivity index is 2.48. The van der Waals surface area contributed by atoms with Gasteiger partial charge in [0.1, 0.15) is 0 Å². The number of hydrogen-bond acceptors (Lipinski definition) is 0. The van der Waals surface area contributed by atoms with Crippen molar-refractivity contribution in [2.45, 2.75) is 25.3 Å². The van der Waals surface area contributed by atoms with E-state index in [0.717, 1.165) is 30.5 Å². The number of hydrogen-bond donors (Lipinski definition) is 0. The van der Waals surface area contributed by atoms with E-state index in [-0.39, 0.29) is 0 Å². The number of unbranched alkanes of at least 4 members (excludes halogenated alkanes) is 2. The van der Waals surface area contributed by atoms with Crippen LogP contribution in [0.3, 0.4) is 0 Å². The van der Waals surface area contributed by atoms with Crippen molar-refractivity contribution < 1.29 is 0 Å². The lowest BCUT2D eigenvalue weighted by Gasteiger charge is -2.16. The summed E-state index contributed by atoms with van der Waals surface area (Å²) >= 11 is 12.8. The minimum absolute atomic E-state index is 0.925. The van der Waals surface area contributed by atoms with E-state index in [1.807, 2.05) is 36.4 Å². The quantitative estimate of drug-likeness (QED) is 0.311. The molecular weight excluding hydrogens is 243 g/mol. The zero-order chi connectivity index (χ0) is 11.1. The third-order valence-corrected chi connectivity index (χ3v) is 6.95. The highest BCUT2D eigenvalue weighted by Crippen LogP contribution is 2.23. The molecule has 1 aromatic carbocycles. The van der Waals surface area contributed by atoms with Crippen molar-refractivity contribution in [3.05, 3.63) is 43.0 Å². The molecule has 0 fully saturated rings. The van der Waals surface area contributed by atoms with Crippen LogP contribution in [0.4, 0.5) is 0 Å². The minimum atomic E-state index is -2.22. The van der Waals surface area contributed by atoms with E-state index in [4.69, 9.17) is 22.2 Å². The molecule has 0 saturated heterocycles. The van der Waals surface area contributed by atoms with Crippen LogP contribution in [0, 0.1) is 0 Å². The molecule has 0 aliphatic rings. The molecule has 0 N–H and O–H groups in total. The summed E-state index contributed by atoms with van der Waals surface area (Å²) in [6.07, 6.45) is 5.20. The van der Waals surface area contributed by atoms with Crippen LogP contribution in [0.1, 0.15) is 19.3 Å². The first-order valence-corrected chi connectivity index (χ1v) is 9.44. The maximum Gasteiger partial charge on any atom is 0.280 e. The molecule has 1 aromatic rings. The molecule has 15 heavy (non-hydrogen) atoms. The largest absolute Gasteiger partial charge is 0.280 e. The summed E-state index contributed by atoms with van der Waals surface area (Å²) in [4.78, 5) is 0. The van der Waals surface area contributed by atoms with Crippen molar-refractivity contribution in [3.63, 3.8) is 0 Å². The fourth-order valence-corrected chi connectivity index (χ4v) is 4.68. The Hall–Kier alpha value is -0.243. The summed E-state index contributed by atoms with van der Waals surface area (Å²) in [7, 11) is 0. The molecule has 0 aliphatic carbocycles. The van der Waals surface area contributed by atoms with Crippen LogP contribution < -0.4 is 5.19 Å². The van der Waals surface area contributed by atoms with Crippen molar-refractivity contribution >= 4 is 34.0 Å². The Morgan fingerprint density at radius 1 is 1.13 bits per heavy atom. The maximum absolute atomic E-state index is 6.42. The average Bonchev–Trinajstić information content (AvgIpc) is 2.26. The molecule has 0 saturated carbocycles. The second-order valence-corrected chi connectivity index (χ2v) is 10.5. The molecule has 0 amide bonds. The normalized spacial score (nSPS) is 11.3. The zero-order valence-corrected chi connectivity index (χ0v) is 11.3. The molecule has 0 bridgehead atoms. The molecule has 0 radical (unpaired) electrons. The van der Waals surface area contributed by atoms with Gasteiger partial charge in [0.05, 0.1) is 0 Å². The van der Waals surface area contributed by atoms with Gasteiger partial charge in [0, 0.05) is 0 Å². The molecular formula is C12H16Cl2Si. The number of rotatable bonds is 6. The molecule has 0 unspecified atom stereocenters. The smallest absolute Gasteiger partial charge is 0.140 e. The highest BCUT2D eigenvalue weighted by atomic mass is 35.7. The Labute approximate surface area is 102 Å². The lowest BCUT2D eigenvalue weighted by molar-refractivity contribution is 0.810. The van der Waals surface area contributed by atoms with Crippen LogP contribution in [0.15, 0.2) is 43.0 Å². The van der Waals surface area contributed by atoms with Crippen LogP contribution >= 0.6 is 22.2 Å². The van der Waals surface area contributed by atoms with Crippen molar-refractivity contribution in [2.75, 3.05) is 0 Å². The summed E-state index contributed by atoms with van der Waals surface area (Å²) in [5.41, 5.74) is 0. The fraction of sp³-hybridized carbons (Fsp3) is 0.333. The van der Waals surface area contributed by atoms with Gasteiger partial charge in [-0.15, -0.1) is 28.7 Å². The van der Waals surface area contributed by atoms with E-state index >= 15 is 0 Å². The highest BCUT2D eigenvalue weighted by Gasteiger charge is 2.29. The average molecular weight is 259 g/mol. The van der Waals surface area contributed by atoms with Crippen molar-refractivity contribution in [1.29, 1.82) is 0 Å². The first kappa shape index (κ1) is 12.8. The molecule has 0 spiro atoms. The summed E-state index contributed by atoms with van der Waals surface area (Å²) in [6, 6.07) is 10.9. The fourth-order valence-electron chi connectivity index (χ4n) is 1.46. The van der Waals surface area contributed by atoms with Crippen LogP contribution in [0.2, 0.25) is 6.04 Å². The van der Waals surface area contributed by atoms with Crippen LogP contribution in [0.25, 0.3) is 0 Å². The predicted molar refractivity (Wildman–Crippen MR) is 72.4 cm³/mol. The van der Waals surface area contributed by atoms with Gasteiger partial charge in [-0.3, -0.25) is 0 Å². The monoisotopic (exact) mass is 258 g/mol. The Morgan fingerprint density at radius 3 is 2.40 bits per heavy atom. The summed E-state index contributed by atoms with van der Waals surface area (Å²) in [5.74, 6) is 0. The summed E-state index contributed by atoms with van der Waals surface area (Å²) in [6.45, 7) is 1.48. The number of allylic oxidation sites excluding steroid dienone is 1. The molecule has 0 heterocycles. The van der Waals surface area contributed by atoms with Gasteiger partial charge >= 0.3 is 0 Å². The van der Waals surface area contributed by atoms with Crippen LogP contribution in [0.5, 0.6) is 0 Å². The van der Waals surface area contributed by atoms with E-state index in [2.05, 4.69) is 6.58 Å². The number of halogens is 2. The SMILES string of the molecule is C=CCCCC[Si](Cl)(Cl)c1ccccc1. The van der Waals surface area contributed by atoms with Gasteiger partial charge in [-0.1, -0.05) is 49.2 Å². The lowest BCUT2D eigenvalue weighted by Crippen LogP contribution is -2.35. The van der Waals surface area contributed by atoms with Gasteiger partial charge in [-0.25, -0.2) is 0 Å². The van der Waals surface area contributed by atoms with Gasteiger partial charge in [0.2, 0.25) is 0 Å². The number of benzene rings is 1. The second-order valence-electron chi connectivity index (χ2n) is 3.60. The van der Waals surface area contributed by atoms with E-state index in [9.17, 15) is 0 Å². The molecule has 0 atom stereocenters. The molecule has 0 aliphatic heterocycles. The van der Waals surface area contributed by atoms with Crippen LogP contribution in [-0.4, -0.2) is 6.69 Å². The lowest BCUT2D eigenvalue weighted by atomic mass is 10.2. The molecule has 0 nitrogen and oxygen atoms in total. The summed E-state index contributed by atoms with van der Waals surface area (Å²) in [5, 5.41) is 1.12. The topological polar surface area (TPSA) is 0 Å². The van der Waals surface area contributed by atoms with E-state index in [1.165, 1.54) is 0 Å². The Bertz CT molecular complexity index is 296. The standard InChI is InChI=1S/C12H16Cl2Si/c1-2-3-4-8-11-15(13,14)12-9-6-5-7-10-12/h2,5-7,9-10H,1,3-4,8,11H2. The zero-order valence-electron chi connectivity index (χ0n) is 8.76. The van der Waals surface area contributed by atoms with Crippen molar-refractivity contribution in [3.8, 4) is 0 Å². The first-order valence-electron chi connectivity index (χ1n) is 5.21. The second kappa shape index (κ2) is 6.36. The highest BCUT2D eigenvalue weighted by molar-refractivity contribution is 7.50. The van der Waals surface area contributed by atoms with Gasteiger partial charge in [-0.05, 0) is 17.7 Å². The van der Waals surface area contributed by atoms with Gasteiger partial charge in [-0.2, -0.15) is 0 Å². The molecule has 82 valence electrons. The molecule has 3 heteroatoms. The Morgan fingerprint density at radius 2 is 1.80 bits per heavy atom. The van der Waals surface area contributed by atoms with E-state index in [1.54, 1.807) is 0 Å². The molecule has 1 rings (SSSR count). The Kier molecular flexibility index (Phi) is 5.44. The predicted octanol–water partition coefficient (Wildman–Crippen LogP) is 4.17. The maximum atomic E-state index is 6.42. The van der Waals surface area contributed by atoms with Crippen molar-refractivity contribution in [2.24, 2.45) is 0 Å². The third kappa shape index (κ3) is 4.41.